The normalized spacial score (nSPS) is 10.9. The molecule has 0 amide bonds. The number of ketones is 1. The number of nitrogens with one attached hydrogen (secondary N) is 1. The predicted molar refractivity (Wildman–Crippen MR) is 125 cm³/mol. The number of ether oxygens (including phenoxy) is 1. The number of aromatic amines is 1. The maximum atomic E-state index is 13.3. The third-order valence-corrected chi connectivity index (χ3v) is 5.30. The second kappa shape index (κ2) is 9.04. The van der Waals surface area contributed by atoms with Crippen LogP contribution in [0.25, 0.3) is 22.3 Å². The third-order valence-electron chi connectivity index (χ3n) is 5.30. The Morgan fingerprint density at radius 2 is 1.64 bits per heavy atom. The largest absolute Gasteiger partial charge is 0.438 e. The predicted octanol–water partition coefficient (Wildman–Crippen LogP) is 5.91. The average Bonchev–Trinajstić information content (AvgIpc) is 3.26. The minimum absolute atomic E-state index is 0.0209. The summed E-state index contributed by atoms with van der Waals surface area (Å²) in [5, 5.41) is 0.783. The Morgan fingerprint density at radius 3 is 2.42 bits per heavy atom. The molecule has 2 heterocycles. The van der Waals surface area contributed by atoms with Crippen molar-refractivity contribution in [3.8, 4) is 22.9 Å². The van der Waals surface area contributed by atoms with E-state index >= 15 is 0 Å². The van der Waals surface area contributed by atoms with Crippen LogP contribution in [0.4, 0.5) is 4.39 Å². The summed E-state index contributed by atoms with van der Waals surface area (Å²) in [4.78, 5) is 24.3. The molecule has 0 fully saturated rings. The number of carbonyl (C=O) groups excluding carboxylic acids is 1. The number of halogens is 1. The van der Waals surface area contributed by atoms with Crippen LogP contribution in [-0.4, -0.2) is 20.7 Å². The molecule has 0 saturated heterocycles. The summed E-state index contributed by atoms with van der Waals surface area (Å²) in [5.74, 6) is 0.749. The van der Waals surface area contributed by atoms with E-state index < -0.39 is 0 Å². The summed E-state index contributed by atoms with van der Waals surface area (Å²) in [5.41, 5.74) is 4.22. The molecule has 162 valence electrons. The smallest absolute Gasteiger partial charge is 0.231 e. The SMILES string of the molecule is O=C(Cc1ccc(Oc2ncnc3[nH]c(-c4ccccc4)cc23)cc1)Cc1cccc(F)c1. The van der Waals surface area contributed by atoms with Gasteiger partial charge in [0.25, 0.3) is 0 Å². The molecule has 0 bridgehead atoms. The first kappa shape index (κ1) is 20.6. The molecule has 0 aliphatic rings. The number of hydrogen-bond acceptors (Lipinski definition) is 4. The Morgan fingerprint density at radius 1 is 0.848 bits per heavy atom. The highest BCUT2D eigenvalue weighted by atomic mass is 19.1. The second-order valence-corrected chi connectivity index (χ2v) is 7.76. The molecule has 0 unspecified atom stereocenters. The average molecular weight is 437 g/mol. The zero-order valence-electron chi connectivity index (χ0n) is 17.7. The summed E-state index contributed by atoms with van der Waals surface area (Å²) in [6, 6.07) is 25.4. The minimum Gasteiger partial charge on any atom is -0.438 e. The van der Waals surface area contributed by atoms with Crippen molar-refractivity contribution in [1.29, 1.82) is 0 Å². The molecular weight excluding hydrogens is 417 g/mol. The monoisotopic (exact) mass is 437 g/mol. The van der Waals surface area contributed by atoms with Crippen molar-refractivity contribution in [1.82, 2.24) is 15.0 Å². The van der Waals surface area contributed by atoms with Crippen LogP contribution >= 0.6 is 0 Å². The molecule has 3 aromatic carbocycles. The van der Waals surface area contributed by atoms with Crippen LogP contribution in [0.1, 0.15) is 11.1 Å². The van der Waals surface area contributed by atoms with Crippen molar-refractivity contribution >= 4 is 16.8 Å². The van der Waals surface area contributed by atoms with Gasteiger partial charge in [-0.1, -0.05) is 54.6 Å². The molecule has 0 aliphatic carbocycles. The van der Waals surface area contributed by atoms with E-state index in [0.717, 1.165) is 22.2 Å². The van der Waals surface area contributed by atoms with Gasteiger partial charge in [0.15, 0.2) is 0 Å². The third kappa shape index (κ3) is 4.80. The molecule has 0 atom stereocenters. The molecule has 33 heavy (non-hydrogen) atoms. The van der Waals surface area contributed by atoms with Crippen molar-refractivity contribution in [2.24, 2.45) is 0 Å². The van der Waals surface area contributed by atoms with Crippen LogP contribution in [0, 0.1) is 5.82 Å². The van der Waals surface area contributed by atoms with Gasteiger partial charge in [0, 0.05) is 18.5 Å². The maximum Gasteiger partial charge on any atom is 0.231 e. The minimum atomic E-state index is -0.334. The van der Waals surface area contributed by atoms with E-state index in [2.05, 4.69) is 15.0 Å². The highest BCUT2D eigenvalue weighted by Gasteiger charge is 2.12. The lowest BCUT2D eigenvalue weighted by atomic mass is 10.0. The maximum absolute atomic E-state index is 13.3. The summed E-state index contributed by atoms with van der Waals surface area (Å²) in [6.07, 6.45) is 1.93. The van der Waals surface area contributed by atoms with Gasteiger partial charge in [0.05, 0.1) is 5.39 Å². The van der Waals surface area contributed by atoms with Crippen LogP contribution in [0.3, 0.4) is 0 Å². The number of aromatic nitrogens is 3. The molecule has 5 nitrogen and oxygen atoms in total. The molecule has 5 aromatic rings. The molecular formula is C27H20FN3O2. The fourth-order valence-electron chi connectivity index (χ4n) is 3.72. The number of rotatable bonds is 7. The first-order valence-electron chi connectivity index (χ1n) is 10.6. The number of nitrogens with zero attached hydrogens (tertiary/aromatic N) is 2. The van der Waals surface area contributed by atoms with E-state index in [9.17, 15) is 9.18 Å². The number of benzene rings is 3. The Hall–Kier alpha value is -4.32. The van der Waals surface area contributed by atoms with E-state index in [1.165, 1.54) is 18.5 Å². The lowest BCUT2D eigenvalue weighted by molar-refractivity contribution is -0.117. The Bertz CT molecular complexity index is 1410. The van der Waals surface area contributed by atoms with E-state index in [0.29, 0.717) is 22.8 Å². The molecule has 5 rings (SSSR count). The van der Waals surface area contributed by atoms with Crippen molar-refractivity contribution < 1.29 is 13.9 Å². The molecule has 0 aliphatic heterocycles. The zero-order valence-corrected chi connectivity index (χ0v) is 17.7. The highest BCUT2D eigenvalue weighted by molar-refractivity contribution is 5.87. The fourth-order valence-corrected chi connectivity index (χ4v) is 3.72. The van der Waals surface area contributed by atoms with Gasteiger partial charge in [0.2, 0.25) is 5.88 Å². The Kier molecular flexibility index (Phi) is 5.64. The van der Waals surface area contributed by atoms with E-state index in [1.807, 2.05) is 60.7 Å². The quantitative estimate of drug-likeness (QED) is 0.344. The summed E-state index contributed by atoms with van der Waals surface area (Å²) < 4.78 is 19.3. The Labute approximate surface area is 189 Å². The van der Waals surface area contributed by atoms with E-state index in [4.69, 9.17) is 4.74 Å². The fraction of sp³-hybridized carbons (Fsp3) is 0.0741. The first-order chi connectivity index (χ1) is 16.1. The standard InChI is InChI=1S/C27H20FN3O2/c28-21-8-4-5-19(13-21)15-22(32)14-18-9-11-23(12-10-18)33-27-24-16-25(20-6-2-1-3-7-20)31-26(24)29-17-30-27/h1-13,16-17H,14-15H2,(H,29,30,31). The van der Waals surface area contributed by atoms with Crippen LogP contribution in [0.5, 0.6) is 11.6 Å². The molecule has 2 aromatic heterocycles. The Balaban J connectivity index is 1.29. The highest BCUT2D eigenvalue weighted by Crippen LogP contribution is 2.30. The summed E-state index contributed by atoms with van der Waals surface area (Å²) >= 11 is 0. The van der Waals surface area contributed by atoms with Crippen molar-refractivity contribution in [2.45, 2.75) is 12.8 Å². The van der Waals surface area contributed by atoms with Crippen molar-refractivity contribution in [3.63, 3.8) is 0 Å². The topological polar surface area (TPSA) is 67.9 Å². The lowest BCUT2D eigenvalue weighted by Gasteiger charge is -2.07. The molecule has 0 radical (unpaired) electrons. The van der Waals surface area contributed by atoms with Crippen molar-refractivity contribution in [2.75, 3.05) is 0 Å². The second-order valence-electron chi connectivity index (χ2n) is 7.76. The zero-order chi connectivity index (χ0) is 22.6. The first-order valence-corrected chi connectivity index (χ1v) is 10.6. The van der Waals surface area contributed by atoms with E-state index in [-0.39, 0.29) is 24.4 Å². The molecule has 6 heteroatoms. The van der Waals surface area contributed by atoms with Crippen LogP contribution < -0.4 is 4.74 Å². The van der Waals surface area contributed by atoms with E-state index in [1.54, 1.807) is 12.1 Å². The summed E-state index contributed by atoms with van der Waals surface area (Å²) in [7, 11) is 0. The number of H-pyrrole nitrogens is 1. The van der Waals surface area contributed by atoms with Gasteiger partial charge in [0.1, 0.15) is 29.3 Å². The van der Waals surface area contributed by atoms with Gasteiger partial charge >= 0.3 is 0 Å². The van der Waals surface area contributed by atoms with Crippen LogP contribution in [0.2, 0.25) is 0 Å². The number of Topliss-reactive ketones (excluding diaryl/α,β-unsaturated/α-hetero) is 1. The van der Waals surface area contributed by atoms with Crippen LogP contribution in [0.15, 0.2) is 91.3 Å². The molecule has 0 spiro atoms. The van der Waals surface area contributed by atoms with Gasteiger partial charge in [-0.3, -0.25) is 4.79 Å². The number of hydrogen-bond donors (Lipinski definition) is 1. The molecule has 1 N–H and O–H groups in total. The van der Waals surface area contributed by atoms with Gasteiger partial charge in [-0.05, 0) is 47.0 Å². The number of fused-ring (bicyclic) bond motifs is 1. The lowest BCUT2D eigenvalue weighted by Crippen LogP contribution is -2.06. The van der Waals surface area contributed by atoms with Crippen molar-refractivity contribution in [3.05, 3.63) is 108 Å². The van der Waals surface area contributed by atoms with Gasteiger partial charge < -0.3 is 9.72 Å². The van der Waals surface area contributed by atoms with Crippen LogP contribution in [-0.2, 0) is 17.6 Å². The number of carbonyl (C=O) groups is 1. The van der Waals surface area contributed by atoms with Gasteiger partial charge in [-0.2, -0.15) is 0 Å². The van der Waals surface area contributed by atoms with Gasteiger partial charge in [-0.25, -0.2) is 14.4 Å². The summed E-state index contributed by atoms with van der Waals surface area (Å²) in [6.45, 7) is 0. The molecule has 0 saturated carbocycles. The van der Waals surface area contributed by atoms with Gasteiger partial charge in [-0.15, -0.1) is 0 Å².